The highest BCUT2D eigenvalue weighted by atomic mass is 28.4. The molecule has 4 rings (SSSR count). The van der Waals surface area contributed by atoms with E-state index >= 15 is 0 Å². The van der Waals surface area contributed by atoms with Crippen molar-refractivity contribution >= 4 is 14.4 Å². The largest absolute Gasteiger partial charge is 0.493 e. The Hall–Kier alpha value is -1.73. The van der Waals surface area contributed by atoms with Gasteiger partial charge in [0, 0.05) is 29.5 Å². The molecule has 3 aliphatic heterocycles. The molecule has 0 unspecified atom stereocenters. The minimum Gasteiger partial charge on any atom is -0.493 e. The van der Waals surface area contributed by atoms with E-state index in [1.165, 1.54) is 11.1 Å². The fraction of sp³-hybridized carbons (Fsp3) is 0.667. The van der Waals surface area contributed by atoms with Crippen LogP contribution in [-0.2, 0) is 27.6 Å². The molecule has 1 amide bonds. The van der Waals surface area contributed by atoms with Gasteiger partial charge in [-0.25, -0.2) is 4.79 Å². The van der Waals surface area contributed by atoms with Gasteiger partial charge in [-0.3, -0.25) is 0 Å². The second kappa shape index (κ2) is 7.26. The molecule has 0 aliphatic carbocycles. The number of carbonyl (C=O) groups is 1. The van der Waals surface area contributed by atoms with E-state index in [1.54, 1.807) is 4.90 Å². The van der Waals surface area contributed by atoms with Crippen molar-refractivity contribution in [3.63, 3.8) is 0 Å². The van der Waals surface area contributed by atoms with Crippen LogP contribution in [0, 0.1) is 0 Å². The van der Waals surface area contributed by atoms with Crippen LogP contribution in [0.15, 0.2) is 6.07 Å². The first-order valence-corrected chi connectivity index (χ1v) is 13.8. The second-order valence-electron chi connectivity index (χ2n) is 8.95. The third kappa shape index (κ3) is 3.50. The van der Waals surface area contributed by atoms with Crippen molar-refractivity contribution in [2.24, 2.45) is 0 Å². The van der Waals surface area contributed by atoms with Gasteiger partial charge in [-0.15, -0.1) is 0 Å². The SMILES string of the molecule is CCCCOC(=O)N1CC(O[Si](C)(C)C)(c2c3c(cc4c2OCC4)OCC3)C1. The lowest BCUT2D eigenvalue weighted by molar-refractivity contribution is -0.0819. The summed E-state index contributed by atoms with van der Waals surface area (Å²) in [5.74, 6) is 1.92. The molecule has 1 saturated heterocycles. The summed E-state index contributed by atoms with van der Waals surface area (Å²) in [6.07, 6.45) is 3.41. The highest BCUT2D eigenvalue weighted by molar-refractivity contribution is 6.69. The number of unbranched alkanes of at least 4 members (excludes halogenated alkanes) is 1. The molecule has 0 saturated carbocycles. The Morgan fingerprint density at radius 1 is 1.21 bits per heavy atom. The highest BCUT2D eigenvalue weighted by Crippen LogP contribution is 2.50. The highest BCUT2D eigenvalue weighted by Gasteiger charge is 2.54. The number of hydrogen-bond donors (Lipinski definition) is 0. The summed E-state index contributed by atoms with van der Waals surface area (Å²) in [7, 11) is -1.88. The molecule has 28 heavy (non-hydrogen) atoms. The average Bonchev–Trinajstić information content (AvgIpc) is 3.23. The molecule has 6 nitrogen and oxygen atoms in total. The zero-order valence-corrected chi connectivity index (χ0v) is 18.4. The van der Waals surface area contributed by atoms with Gasteiger partial charge in [0.05, 0.1) is 32.9 Å². The fourth-order valence-corrected chi connectivity index (χ4v) is 5.82. The van der Waals surface area contributed by atoms with Gasteiger partial charge in [-0.1, -0.05) is 13.3 Å². The number of benzene rings is 1. The first-order chi connectivity index (χ1) is 13.3. The number of carbonyl (C=O) groups excluding carboxylic acids is 1. The topological polar surface area (TPSA) is 57.2 Å². The Bertz CT molecular complexity index is 735. The van der Waals surface area contributed by atoms with Crippen LogP contribution in [0.25, 0.3) is 0 Å². The maximum atomic E-state index is 12.5. The van der Waals surface area contributed by atoms with Crippen molar-refractivity contribution in [1.29, 1.82) is 0 Å². The Kier molecular flexibility index (Phi) is 5.08. The number of rotatable bonds is 6. The molecule has 7 heteroatoms. The summed E-state index contributed by atoms with van der Waals surface area (Å²) in [5, 5.41) is 0. The molecule has 3 aliphatic rings. The van der Waals surface area contributed by atoms with E-state index in [0.29, 0.717) is 32.9 Å². The molecular weight excluding hydrogens is 374 g/mol. The molecule has 1 aromatic carbocycles. The summed E-state index contributed by atoms with van der Waals surface area (Å²) in [6, 6.07) is 2.13. The number of amides is 1. The number of hydrogen-bond acceptors (Lipinski definition) is 5. The van der Waals surface area contributed by atoms with E-state index in [1.807, 2.05) is 0 Å². The van der Waals surface area contributed by atoms with Crippen molar-refractivity contribution < 1.29 is 23.4 Å². The molecule has 0 spiro atoms. The number of likely N-dealkylation sites (tertiary alicyclic amines) is 1. The minimum absolute atomic E-state index is 0.246. The molecule has 3 heterocycles. The van der Waals surface area contributed by atoms with E-state index < -0.39 is 13.9 Å². The van der Waals surface area contributed by atoms with Crippen molar-refractivity contribution in [3.05, 3.63) is 22.8 Å². The van der Waals surface area contributed by atoms with Gasteiger partial charge in [-0.2, -0.15) is 0 Å². The Morgan fingerprint density at radius 3 is 2.68 bits per heavy atom. The van der Waals surface area contributed by atoms with Crippen LogP contribution in [0.2, 0.25) is 19.6 Å². The van der Waals surface area contributed by atoms with Gasteiger partial charge in [0.2, 0.25) is 0 Å². The van der Waals surface area contributed by atoms with Crippen LogP contribution in [0.3, 0.4) is 0 Å². The third-order valence-electron chi connectivity index (χ3n) is 5.48. The lowest BCUT2D eigenvalue weighted by Gasteiger charge is -2.52. The van der Waals surface area contributed by atoms with Crippen molar-refractivity contribution in [3.8, 4) is 11.5 Å². The summed E-state index contributed by atoms with van der Waals surface area (Å²) < 4.78 is 24.1. The average molecular weight is 406 g/mol. The third-order valence-corrected chi connectivity index (χ3v) is 6.49. The van der Waals surface area contributed by atoms with Crippen LogP contribution in [-0.4, -0.2) is 52.2 Å². The molecule has 1 fully saturated rings. The minimum atomic E-state index is -1.88. The predicted molar refractivity (Wildman–Crippen MR) is 109 cm³/mol. The van der Waals surface area contributed by atoms with Crippen molar-refractivity contribution in [2.75, 3.05) is 32.9 Å². The summed E-state index contributed by atoms with van der Waals surface area (Å²) in [4.78, 5) is 14.2. The second-order valence-corrected chi connectivity index (χ2v) is 13.4. The maximum absolute atomic E-state index is 12.5. The van der Waals surface area contributed by atoms with E-state index in [4.69, 9.17) is 18.6 Å². The first kappa shape index (κ1) is 19.6. The quantitative estimate of drug-likeness (QED) is 0.531. The lowest BCUT2D eigenvalue weighted by atomic mass is 9.81. The monoisotopic (exact) mass is 405 g/mol. The van der Waals surface area contributed by atoms with Crippen LogP contribution < -0.4 is 9.47 Å². The normalized spacial score (nSPS) is 19.4. The standard InChI is InChI=1S/C21H31NO5Si/c1-5-6-9-26-20(23)22-13-21(14-22,27-28(2,3)4)18-16-8-11-24-17(16)12-15-7-10-25-19(15)18/h12H,5-11,13-14H2,1-4H3. The van der Waals surface area contributed by atoms with Crippen LogP contribution in [0.1, 0.15) is 36.5 Å². The Labute approximate surface area is 168 Å². The van der Waals surface area contributed by atoms with Gasteiger partial charge < -0.3 is 23.5 Å². The number of fused-ring (bicyclic) bond motifs is 2. The van der Waals surface area contributed by atoms with Gasteiger partial charge in [0.25, 0.3) is 0 Å². The molecule has 0 radical (unpaired) electrons. The Balaban J connectivity index is 1.66. The van der Waals surface area contributed by atoms with E-state index in [9.17, 15) is 4.79 Å². The Morgan fingerprint density at radius 2 is 1.96 bits per heavy atom. The van der Waals surface area contributed by atoms with E-state index in [2.05, 4.69) is 32.6 Å². The van der Waals surface area contributed by atoms with Gasteiger partial charge >= 0.3 is 6.09 Å². The molecule has 0 bridgehead atoms. The van der Waals surface area contributed by atoms with Gasteiger partial charge in [-0.05, 0) is 32.1 Å². The maximum Gasteiger partial charge on any atom is 0.409 e. The summed E-state index contributed by atoms with van der Waals surface area (Å²) in [5.41, 5.74) is 2.98. The number of ether oxygens (including phenoxy) is 3. The van der Waals surface area contributed by atoms with Gasteiger partial charge in [0.1, 0.15) is 17.1 Å². The van der Waals surface area contributed by atoms with Crippen LogP contribution in [0.4, 0.5) is 4.79 Å². The molecular formula is C21H31NO5Si. The number of nitrogens with zero attached hydrogens (tertiary/aromatic N) is 1. The van der Waals surface area contributed by atoms with E-state index in [0.717, 1.165) is 42.7 Å². The smallest absolute Gasteiger partial charge is 0.409 e. The lowest BCUT2D eigenvalue weighted by Crippen LogP contribution is -2.65. The van der Waals surface area contributed by atoms with Crippen LogP contribution >= 0.6 is 0 Å². The molecule has 0 N–H and O–H groups in total. The molecule has 0 atom stereocenters. The van der Waals surface area contributed by atoms with Crippen molar-refractivity contribution in [2.45, 2.75) is 57.8 Å². The first-order valence-electron chi connectivity index (χ1n) is 10.4. The molecule has 1 aromatic rings. The fourth-order valence-electron chi connectivity index (χ4n) is 4.42. The molecule has 154 valence electrons. The zero-order chi connectivity index (χ0) is 19.9. The summed E-state index contributed by atoms with van der Waals surface area (Å²) >= 11 is 0. The van der Waals surface area contributed by atoms with Crippen molar-refractivity contribution in [1.82, 2.24) is 4.90 Å². The molecule has 0 aromatic heterocycles. The van der Waals surface area contributed by atoms with Crippen LogP contribution in [0.5, 0.6) is 11.5 Å². The van der Waals surface area contributed by atoms with E-state index in [-0.39, 0.29) is 6.09 Å². The summed E-state index contributed by atoms with van der Waals surface area (Å²) in [6.45, 7) is 11.5. The van der Waals surface area contributed by atoms with Gasteiger partial charge in [0.15, 0.2) is 8.32 Å². The predicted octanol–water partition coefficient (Wildman–Crippen LogP) is 3.86. The zero-order valence-electron chi connectivity index (χ0n) is 17.4.